The summed E-state index contributed by atoms with van der Waals surface area (Å²) in [7, 11) is 0. The van der Waals surface area contributed by atoms with Gasteiger partial charge < -0.3 is 0 Å². The van der Waals surface area contributed by atoms with Crippen LogP contribution in [-0.2, 0) is 0 Å². The summed E-state index contributed by atoms with van der Waals surface area (Å²) in [6.07, 6.45) is 6.60. The SMILES string of the molecule is Cc1cc(C2CCCCC2)c(Cl)cc1Cl. The Labute approximate surface area is 102 Å². The molecule has 1 aromatic rings. The lowest BCUT2D eigenvalue weighted by Crippen LogP contribution is -2.05. The summed E-state index contributed by atoms with van der Waals surface area (Å²) >= 11 is 12.3. The highest BCUT2D eigenvalue weighted by molar-refractivity contribution is 6.35. The van der Waals surface area contributed by atoms with Gasteiger partial charge in [-0.15, -0.1) is 0 Å². The topological polar surface area (TPSA) is 0 Å². The summed E-state index contributed by atoms with van der Waals surface area (Å²) in [6.45, 7) is 2.05. The Morgan fingerprint density at radius 3 is 2.33 bits per heavy atom. The van der Waals surface area contributed by atoms with Gasteiger partial charge in [0.1, 0.15) is 0 Å². The maximum absolute atomic E-state index is 6.25. The molecule has 0 atom stereocenters. The molecule has 1 aromatic carbocycles. The fraction of sp³-hybridized carbons (Fsp3) is 0.538. The van der Waals surface area contributed by atoms with Crippen LogP contribution >= 0.6 is 23.2 Å². The molecule has 1 aliphatic carbocycles. The molecule has 15 heavy (non-hydrogen) atoms. The summed E-state index contributed by atoms with van der Waals surface area (Å²) in [6, 6.07) is 4.06. The Bertz CT molecular complexity index is 352. The van der Waals surface area contributed by atoms with E-state index in [2.05, 4.69) is 6.07 Å². The number of halogens is 2. The van der Waals surface area contributed by atoms with Crippen molar-refractivity contribution in [2.24, 2.45) is 0 Å². The van der Waals surface area contributed by atoms with Gasteiger partial charge in [-0.1, -0.05) is 48.5 Å². The van der Waals surface area contributed by atoms with Gasteiger partial charge in [-0.25, -0.2) is 0 Å². The molecule has 0 N–H and O–H groups in total. The maximum atomic E-state index is 6.25. The van der Waals surface area contributed by atoms with Crippen molar-refractivity contribution in [3.63, 3.8) is 0 Å². The largest absolute Gasteiger partial charge is 0.0840 e. The highest BCUT2D eigenvalue weighted by Gasteiger charge is 2.18. The number of aryl methyl sites for hydroxylation is 1. The predicted molar refractivity (Wildman–Crippen MR) is 67.0 cm³/mol. The molecule has 0 bridgehead atoms. The van der Waals surface area contributed by atoms with Crippen molar-refractivity contribution in [1.82, 2.24) is 0 Å². The van der Waals surface area contributed by atoms with E-state index >= 15 is 0 Å². The summed E-state index contributed by atoms with van der Waals surface area (Å²) < 4.78 is 0. The molecule has 0 aromatic heterocycles. The Morgan fingerprint density at radius 2 is 1.67 bits per heavy atom. The van der Waals surface area contributed by atoms with E-state index < -0.39 is 0 Å². The molecule has 0 amide bonds. The van der Waals surface area contributed by atoms with Gasteiger partial charge in [0.15, 0.2) is 0 Å². The second-order valence-corrected chi connectivity index (χ2v) is 5.27. The van der Waals surface area contributed by atoms with Gasteiger partial charge in [-0.2, -0.15) is 0 Å². The molecular weight excluding hydrogens is 227 g/mol. The normalized spacial score (nSPS) is 18.1. The van der Waals surface area contributed by atoms with Crippen molar-refractivity contribution >= 4 is 23.2 Å². The lowest BCUT2D eigenvalue weighted by molar-refractivity contribution is 0.443. The van der Waals surface area contributed by atoms with Crippen molar-refractivity contribution < 1.29 is 0 Å². The Kier molecular flexibility index (Phi) is 3.58. The summed E-state index contributed by atoms with van der Waals surface area (Å²) in [5, 5.41) is 1.62. The molecule has 0 radical (unpaired) electrons. The smallest absolute Gasteiger partial charge is 0.0455 e. The molecule has 0 heterocycles. The van der Waals surface area contributed by atoms with Crippen LogP contribution < -0.4 is 0 Å². The van der Waals surface area contributed by atoms with Crippen molar-refractivity contribution in [3.05, 3.63) is 33.3 Å². The van der Waals surface area contributed by atoms with Gasteiger partial charge in [0.25, 0.3) is 0 Å². The third-order valence-electron chi connectivity index (χ3n) is 3.32. The summed E-state index contributed by atoms with van der Waals surface area (Å²) in [5.41, 5.74) is 2.44. The number of hydrogen-bond donors (Lipinski definition) is 0. The van der Waals surface area contributed by atoms with E-state index in [0.717, 1.165) is 15.6 Å². The molecule has 1 fully saturated rings. The maximum Gasteiger partial charge on any atom is 0.0455 e. The standard InChI is InChI=1S/C13H16Cl2/c1-9-7-11(13(15)8-12(9)14)10-5-3-2-4-6-10/h7-8,10H,2-6H2,1H3. The Hall–Kier alpha value is -0.200. The fourth-order valence-electron chi connectivity index (χ4n) is 2.41. The fourth-order valence-corrected chi connectivity index (χ4v) is 2.94. The van der Waals surface area contributed by atoms with Gasteiger partial charge >= 0.3 is 0 Å². The van der Waals surface area contributed by atoms with Crippen LogP contribution in [0.2, 0.25) is 10.0 Å². The molecule has 1 aliphatic rings. The third kappa shape index (κ3) is 2.49. The first-order chi connectivity index (χ1) is 7.18. The average molecular weight is 243 g/mol. The van der Waals surface area contributed by atoms with Crippen LogP contribution in [-0.4, -0.2) is 0 Å². The van der Waals surface area contributed by atoms with Gasteiger partial charge in [0.05, 0.1) is 0 Å². The first-order valence-corrected chi connectivity index (χ1v) is 6.39. The summed E-state index contributed by atoms with van der Waals surface area (Å²) in [4.78, 5) is 0. The molecule has 1 saturated carbocycles. The molecule has 0 saturated heterocycles. The van der Waals surface area contributed by atoms with Crippen LogP contribution in [0.1, 0.15) is 49.1 Å². The first-order valence-electron chi connectivity index (χ1n) is 5.64. The van der Waals surface area contributed by atoms with E-state index in [1.807, 2.05) is 13.0 Å². The molecule has 0 unspecified atom stereocenters. The van der Waals surface area contributed by atoms with Crippen molar-refractivity contribution in [2.45, 2.75) is 44.9 Å². The predicted octanol–water partition coefficient (Wildman–Crippen LogP) is 5.35. The molecule has 0 aliphatic heterocycles. The van der Waals surface area contributed by atoms with Crippen LogP contribution in [0.25, 0.3) is 0 Å². The van der Waals surface area contributed by atoms with E-state index in [9.17, 15) is 0 Å². The second-order valence-electron chi connectivity index (χ2n) is 4.46. The zero-order valence-electron chi connectivity index (χ0n) is 9.02. The minimum Gasteiger partial charge on any atom is -0.0840 e. The van der Waals surface area contributed by atoms with Crippen molar-refractivity contribution in [2.75, 3.05) is 0 Å². The van der Waals surface area contributed by atoms with Crippen LogP contribution in [0.3, 0.4) is 0 Å². The van der Waals surface area contributed by atoms with Crippen molar-refractivity contribution in [1.29, 1.82) is 0 Å². The highest BCUT2D eigenvalue weighted by atomic mass is 35.5. The molecule has 82 valence electrons. The quantitative estimate of drug-likeness (QED) is 0.623. The molecule has 2 heteroatoms. The van der Waals surface area contributed by atoms with E-state index in [1.165, 1.54) is 37.7 Å². The van der Waals surface area contributed by atoms with E-state index in [-0.39, 0.29) is 0 Å². The molecular formula is C13H16Cl2. The van der Waals surface area contributed by atoms with Gasteiger partial charge in [0, 0.05) is 10.0 Å². The zero-order chi connectivity index (χ0) is 10.8. The first kappa shape index (κ1) is 11.3. The number of rotatable bonds is 1. The van der Waals surface area contributed by atoms with Crippen molar-refractivity contribution in [3.8, 4) is 0 Å². The molecule has 2 rings (SSSR count). The molecule has 0 nitrogen and oxygen atoms in total. The van der Waals surface area contributed by atoms with Crippen LogP contribution in [0.4, 0.5) is 0 Å². The minimum atomic E-state index is 0.655. The lowest BCUT2D eigenvalue weighted by Gasteiger charge is -2.23. The van der Waals surface area contributed by atoms with Crippen LogP contribution in [0, 0.1) is 6.92 Å². The third-order valence-corrected chi connectivity index (χ3v) is 4.06. The van der Waals surface area contributed by atoms with Crippen LogP contribution in [0.15, 0.2) is 12.1 Å². The van der Waals surface area contributed by atoms with E-state index in [1.54, 1.807) is 0 Å². The second kappa shape index (κ2) is 4.76. The summed E-state index contributed by atoms with van der Waals surface area (Å²) in [5.74, 6) is 0.655. The highest BCUT2D eigenvalue weighted by Crippen LogP contribution is 2.38. The molecule has 0 spiro atoms. The minimum absolute atomic E-state index is 0.655. The number of benzene rings is 1. The van der Waals surface area contributed by atoms with Crippen LogP contribution in [0.5, 0.6) is 0 Å². The lowest BCUT2D eigenvalue weighted by atomic mass is 9.83. The average Bonchev–Trinajstić information content (AvgIpc) is 2.25. The van der Waals surface area contributed by atoms with E-state index in [4.69, 9.17) is 23.2 Å². The Morgan fingerprint density at radius 1 is 1.00 bits per heavy atom. The zero-order valence-corrected chi connectivity index (χ0v) is 10.5. The number of hydrogen-bond acceptors (Lipinski definition) is 0. The van der Waals surface area contributed by atoms with Gasteiger partial charge in [-0.3, -0.25) is 0 Å². The Balaban J connectivity index is 2.30. The van der Waals surface area contributed by atoms with E-state index in [0.29, 0.717) is 5.92 Å². The van der Waals surface area contributed by atoms with Gasteiger partial charge in [-0.05, 0) is 42.9 Å². The monoisotopic (exact) mass is 242 g/mol. The van der Waals surface area contributed by atoms with Gasteiger partial charge in [0.2, 0.25) is 0 Å².